The van der Waals surface area contributed by atoms with E-state index in [0.29, 0.717) is 5.84 Å². The number of nitrogens with two attached hydrogens (primary N) is 1. The zero-order valence-electron chi connectivity index (χ0n) is 9.37. The van der Waals surface area contributed by atoms with Gasteiger partial charge in [-0.15, -0.1) is 0 Å². The predicted octanol–water partition coefficient (Wildman–Crippen LogP) is 1.43. The van der Waals surface area contributed by atoms with E-state index in [1.807, 2.05) is 6.92 Å². The van der Waals surface area contributed by atoms with E-state index in [0.717, 1.165) is 6.42 Å². The monoisotopic (exact) mass is 207 g/mol. The molecule has 3 N–H and O–H groups in total. The third-order valence-corrected chi connectivity index (χ3v) is 3.15. The average molecular weight is 207 g/mol. The number of hydrogen-bond acceptors (Lipinski definition) is 2. The summed E-state index contributed by atoms with van der Waals surface area (Å²) in [5.41, 5.74) is 7.14. The molecule has 0 radical (unpaired) electrons. The molecule has 0 saturated heterocycles. The average Bonchev–Trinajstić information content (AvgIpc) is 2.06. The smallest absolute Gasteiger partial charge is 0.343 e. The summed E-state index contributed by atoms with van der Waals surface area (Å²) in [6.07, 6.45) is 3.15. The van der Waals surface area contributed by atoms with Crippen molar-refractivity contribution in [3.05, 3.63) is 11.6 Å². The summed E-state index contributed by atoms with van der Waals surface area (Å²) in [7, 11) is 0. The maximum Gasteiger partial charge on any atom is 0.343 e. The molecule has 0 saturated carbocycles. The topological polar surface area (TPSA) is 67.5 Å². The molecule has 1 aliphatic carbocycles. The van der Waals surface area contributed by atoms with Gasteiger partial charge in [-0.3, -0.25) is 0 Å². The molecule has 0 spiro atoms. The van der Waals surface area contributed by atoms with Crippen LogP contribution in [0.4, 0.5) is 4.79 Å². The minimum atomic E-state index is -0.318. The van der Waals surface area contributed by atoms with Crippen LogP contribution in [0.25, 0.3) is 0 Å². The van der Waals surface area contributed by atoms with Gasteiger partial charge in [-0.05, 0) is 18.8 Å². The summed E-state index contributed by atoms with van der Waals surface area (Å²) < 4.78 is 0. The highest BCUT2D eigenvalue weighted by Crippen LogP contribution is 2.38. The van der Waals surface area contributed by atoms with Crippen LogP contribution in [0.3, 0.4) is 0 Å². The Morgan fingerprint density at radius 1 is 1.60 bits per heavy atom. The standard InChI is InChI=1S/C11H17N3O/c1-6-4-11(2,3)5-7-8(6)13-10(15)14-9(7)12/h4,7-8H,5H2,1-3H3,(H3,12,13,14,15). The Morgan fingerprint density at radius 3 is 2.93 bits per heavy atom. The lowest BCUT2D eigenvalue weighted by atomic mass is 9.71. The predicted molar refractivity (Wildman–Crippen MR) is 59.6 cm³/mol. The fraction of sp³-hybridized carbons (Fsp3) is 0.636. The summed E-state index contributed by atoms with van der Waals surface area (Å²) in [5, 5.41) is 2.86. The first-order valence-electron chi connectivity index (χ1n) is 5.23. The van der Waals surface area contributed by atoms with Crippen molar-refractivity contribution in [1.82, 2.24) is 5.32 Å². The lowest BCUT2D eigenvalue weighted by Crippen LogP contribution is -2.53. The number of carbonyl (C=O) groups excluding carboxylic acids is 1. The molecule has 1 aliphatic heterocycles. The van der Waals surface area contributed by atoms with Gasteiger partial charge in [0.25, 0.3) is 0 Å². The number of urea groups is 1. The number of allylic oxidation sites excluding steroid dienone is 1. The third-order valence-electron chi connectivity index (χ3n) is 3.15. The molecule has 2 atom stereocenters. The van der Waals surface area contributed by atoms with E-state index in [1.165, 1.54) is 5.57 Å². The molecule has 0 aromatic heterocycles. The lowest BCUT2D eigenvalue weighted by molar-refractivity contribution is 0.234. The highest BCUT2D eigenvalue weighted by molar-refractivity contribution is 5.97. The number of rotatable bonds is 0. The van der Waals surface area contributed by atoms with Crippen molar-refractivity contribution in [2.75, 3.05) is 0 Å². The van der Waals surface area contributed by atoms with E-state index in [4.69, 9.17) is 5.73 Å². The normalized spacial score (nSPS) is 33.7. The number of nitrogens with zero attached hydrogens (tertiary/aromatic N) is 1. The van der Waals surface area contributed by atoms with E-state index >= 15 is 0 Å². The van der Waals surface area contributed by atoms with Crippen LogP contribution in [-0.4, -0.2) is 17.9 Å². The van der Waals surface area contributed by atoms with Gasteiger partial charge in [-0.25, -0.2) is 4.79 Å². The molecule has 15 heavy (non-hydrogen) atoms. The fourth-order valence-corrected chi connectivity index (χ4v) is 2.62. The van der Waals surface area contributed by atoms with Crippen LogP contribution in [0.5, 0.6) is 0 Å². The summed E-state index contributed by atoms with van der Waals surface area (Å²) in [6.45, 7) is 6.39. The van der Waals surface area contributed by atoms with Crippen LogP contribution in [0.1, 0.15) is 27.2 Å². The van der Waals surface area contributed by atoms with E-state index in [9.17, 15) is 4.79 Å². The van der Waals surface area contributed by atoms with Crippen molar-refractivity contribution >= 4 is 11.9 Å². The largest absolute Gasteiger partial charge is 0.387 e. The van der Waals surface area contributed by atoms with Gasteiger partial charge in [-0.2, -0.15) is 4.99 Å². The Labute approximate surface area is 89.6 Å². The molecule has 0 fully saturated rings. The molecular formula is C11H17N3O. The van der Waals surface area contributed by atoms with E-state index in [-0.39, 0.29) is 23.4 Å². The maximum absolute atomic E-state index is 11.2. The van der Waals surface area contributed by atoms with Crippen molar-refractivity contribution < 1.29 is 4.79 Å². The van der Waals surface area contributed by atoms with Gasteiger partial charge in [0.2, 0.25) is 0 Å². The van der Waals surface area contributed by atoms with Gasteiger partial charge >= 0.3 is 6.03 Å². The molecule has 2 aliphatic rings. The van der Waals surface area contributed by atoms with Crippen LogP contribution < -0.4 is 11.1 Å². The number of amidine groups is 1. The van der Waals surface area contributed by atoms with Crippen molar-refractivity contribution in [3.63, 3.8) is 0 Å². The molecule has 0 aromatic carbocycles. The second kappa shape index (κ2) is 3.08. The second-order valence-corrected chi connectivity index (χ2v) is 5.15. The Morgan fingerprint density at radius 2 is 2.27 bits per heavy atom. The third kappa shape index (κ3) is 1.76. The number of hydrogen-bond donors (Lipinski definition) is 2. The molecule has 82 valence electrons. The van der Waals surface area contributed by atoms with Crippen LogP contribution in [0, 0.1) is 11.3 Å². The van der Waals surface area contributed by atoms with Crippen molar-refractivity contribution in [2.45, 2.75) is 33.2 Å². The van der Waals surface area contributed by atoms with Gasteiger partial charge in [0.05, 0.1) is 6.04 Å². The van der Waals surface area contributed by atoms with Gasteiger partial charge in [0.15, 0.2) is 0 Å². The highest BCUT2D eigenvalue weighted by Gasteiger charge is 2.39. The quantitative estimate of drug-likeness (QED) is 0.590. The Balaban J connectivity index is 2.38. The van der Waals surface area contributed by atoms with Crippen LogP contribution in [-0.2, 0) is 0 Å². The minimum absolute atomic E-state index is 0.0445. The molecule has 4 nitrogen and oxygen atoms in total. The van der Waals surface area contributed by atoms with E-state index < -0.39 is 0 Å². The molecule has 0 bridgehead atoms. The number of aliphatic imine (C=N–C) groups is 1. The van der Waals surface area contributed by atoms with Crippen molar-refractivity contribution in [2.24, 2.45) is 22.1 Å². The van der Waals surface area contributed by atoms with E-state index in [1.54, 1.807) is 0 Å². The minimum Gasteiger partial charge on any atom is -0.387 e. The van der Waals surface area contributed by atoms with Gasteiger partial charge in [0, 0.05) is 5.92 Å². The molecule has 2 amide bonds. The molecule has 2 unspecified atom stereocenters. The van der Waals surface area contributed by atoms with Gasteiger partial charge in [0.1, 0.15) is 5.84 Å². The molecule has 0 aromatic rings. The second-order valence-electron chi connectivity index (χ2n) is 5.15. The Kier molecular flexibility index (Phi) is 2.10. The first-order valence-corrected chi connectivity index (χ1v) is 5.23. The summed E-state index contributed by atoms with van der Waals surface area (Å²) >= 11 is 0. The summed E-state index contributed by atoms with van der Waals surface area (Å²) in [4.78, 5) is 15.0. The fourth-order valence-electron chi connectivity index (χ4n) is 2.62. The number of carbonyl (C=O) groups is 1. The zero-order valence-corrected chi connectivity index (χ0v) is 9.37. The highest BCUT2D eigenvalue weighted by atomic mass is 16.2. The van der Waals surface area contributed by atoms with Crippen molar-refractivity contribution in [1.29, 1.82) is 0 Å². The van der Waals surface area contributed by atoms with E-state index in [2.05, 4.69) is 30.2 Å². The molecular weight excluding hydrogens is 190 g/mol. The van der Waals surface area contributed by atoms with Crippen LogP contribution >= 0.6 is 0 Å². The molecule has 1 heterocycles. The van der Waals surface area contributed by atoms with Crippen LogP contribution in [0.15, 0.2) is 16.6 Å². The zero-order chi connectivity index (χ0) is 11.2. The lowest BCUT2D eigenvalue weighted by Gasteiger charge is -2.40. The van der Waals surface area contributed by atoms with Gasteiger partial charge in [-0.1, -0.05) is 25.5 Å². The van der Waals surface area contributed by atoms with Gasteiger partial charge < -0.3 is 11.1 Å². The number of nitrogens with one attached hydrogen (secondary N) is 1. The Bertz CT molecular complexity index is 368. The van der Waals surface area contributed by atoms with Crippen molar-refractivity contribution in [3.8, 4) is 0 Å². The number of amides is 2. The summed E-state index contributed by atoms with van der Waals surface area (Å²) in [6, 6.07) is -0.274. The maximum atomic E-state index is 11.2. The summed E-state index contributed by atoms with van der Waals surface area (Å²) in [5.74, 6) is 0.631. The first-order chi connectivity index (χ1) is 6.89. The first kappa shape index (κ1) is 10.2. The Hall–Kier alpha value is -1.32. The number of fused-ring (bicyclic) bond motifs is 1. The molecule has 4 heteroatoms. The SMILES string of the molecule is CC1=CC(C)(C)CC2C(N)=NC(=O)NC12. The molecule has 2 rings (SSSR count). The van der Waals surface area contributed by atoms with Crippen LogP contribution in [0.2, 0.25) is 0 Å².